The number of aryl methyl sites for hydroxylation is 1. The molecule has 1 aromatic heterocycles. The van der Waals surface area contributed by atoms with Crippen molar-refractivity contribution in [3.63, 3.8) is 0 Å². The van der Waals surface area contributed by atoms with E-state index >= 15 is 0 Å². The first-order valence-electron chi connectivity index (χ1n) is 9.80. The molecule has 2 heterocycles. The highest BCUT2D eigenvalue weighted by Crippen LogP contribution is 2.13. The summed E-state index contributed by atoms with van der Waals surface area (Å²) in [4.78, 5) is 9.19. The van der Waals surface area contributed by atoms with E-state index in [-0.39, 0.29) is 24.0 Å². The number of nitrogens with zero attached hydrogens (tertiary/aromatic N) is 4. The van der Waals surface area contributed by atoms with Gasteiger partial charge in [0.05, 0.1) is 6.54 Å². The van der Waals surface area contributed by atoms with Gasteiger partial charge in [-0.1, -0.05) is 13.3 Å². The van der Waals surface area contributed by atoms with Crippen LogP contribution in [0.15, 0.2) is 4.99 Å². The van der Waals surface area contributed by atoms with Gasteiger partial charge >= 0.3 is 0 Å². The van der Waals surface area contributed by atoms with Crippen LogP contribution < -0.4 is 10.6 Å². The van der Waals surface area contributed by atoms with E-state index in [1.54, 1.807) is 7.11 Å². The number of rotatable bonds is 11. The highest BCUT2D eigenvalue weighted by atomic mass is 127. The summed E-state index contributed by atoms with van der Waals surface area (Å²) >= 11 is 0. The van der Waals surface area contributed by atoms with E-state index in [0.717, 1.165) is 76.1 Å². The summed E-state index contributed by atoms with van der Waals surface area (Å²) in [7, 11) is 1.67. The number of guanidine groups is 1. The molecule has 1 unspecified atom stereocenters. The summed E-state index contributed by atoms with van der Waals surface area (Å²) in [5.74, 6) is 2.67. The maximum atomic E-state index is 5.59. The Kier molecular flexibility index (Phi) is 12.6. The Balaban J connectivity index is 0.00000364. The van der Waals surface area contributed by atoms with Gasteiger partial charge in [-0.2, -0.15) is 5.10 Å². The van der Waals surface area contributed by atoms with Crippen LogP contribution in [0.1, 0.15) is 51.2 Å². The third-order valence-corrected chi connectivity index (χ3v) is 4.22. The van der Waals surface area contributed by atoms with Gasteiger partial charge in [0.1, 0.15) is 12.4 Å². The first-order chi connectivity index (χ1) is 12.8. The van der Waals surface area contributed by atoms with Crippen molar-refractivity contribution in [3.8, 4) is 0 Å². The minimum Gasteiger partial charge on any atom is -0.381 e. The standard InChI is InChI=1S/C18H34N6O2.HI/c1-4-6-11-26-12-7-10-20-18(19-5-2)21-15-8-9-17-22-16(14-25-3)23-24(17)13-15;/h15H,4-14H2,1-3H3,(H2,19,20,21);1H. The van der Waals surface area contributed by atoms with E-state index in [4.69, 9.17) is 9.47 Å². The average molecular weight is 494 g/mol. The highest BCUT2D eigenvalue weighted by Gasteiger charge is 2.22. The highest BCUT2D eigenvalue weighted by molar-refractivity contribution is 14.0. The Labute approximate surface area is 179 Å². The minimum absolute atomic E-state index is 0. The zero-order valence-electron chi connectivity index (χ0n) is 16.9. The summed E-state index contributed by atoms with van der Waals surface area (Å²) in [6.45, 7) is 8.76. The van der Waals surface area contributed by atoms with Crippen LogP contribution >= 0.6 is 24.0 Å². The first kappa shape index (κ1) is 24.1. The number of methoxy groups -OCH3 is 1. The van der Waals surface area contributed by atoms with Gasteiger partial charge in [-0.05, 0) is 26.2 Å². The van der Waals surface area contributed by atoms with Gasteiger partial charge in [0, 0.05) is 45.9 Å². The minimum atomic E-state index is 0. The number of hydrogen-bond acceptors (Lipinski definition) is 5. The predicted octanol–water partition coefficient (Wildman–Crippen LogP) is 2.12. The van der Waals surface area contributed by atoms with Gasteiger partial charge < -0.3 is 20.1 Å². The van der Waals surface area contributed by atoms with Crippen LogP contribution in [0.5, 0.6) is 0 Å². The Morgan fingerprint density at radius 3 is 2.85 bits per heavy atom. The van der Waals surface area contributed by atoms with E-state index in [0.29, 0.717) is 12.6 Å². The first-order valence-corrected chi connectivity index (χ1v) is 9.80. The van der Waals surface area contributed by atoms with Crippen molar-refractivity contribution in [1.29, 1.82) is 0 Å². The van der Waals surface area contributed by atoms with Crippen molar-refractivity contribution in [2.24, 2.45) is 4.99 Å². The zero-order chi connectivity index (χ0) is 18.6. The molecule has 0 fully saturated rings. The number of aromatic nitrogens is 3. The van der Waals surface area contributed by atoms with Crippen molar-refractivity contribution in [2.75, 3.05) is 33.4 Å². The number of nitrogens with one attached hydrogen (secondary N) is 2. The van der Waals surface area contributed by atoms with Crippen LogP contribution in [0.2, 0.25) is 0 Å². The van der Waals surface area contributed by atoms with Gasteiger partial charge in [0.2, 0.25) is 0 Å². The fraction of sp³-hybridized carbons (Fsp3) is 0.833. The summed E-state index contributed by atoms with van der Waals surface area (Å²) in [6.07, 6.45) is 5.19. The molecule has 27 heavy (non-hydrogen) atoms. The third-order valence-electron chi connectivity index (χ3n) is 4.22. The Bertz CT molecular complexity index is 552. The molecule has 1 aromatic rings. The van der Waals surface area contributed by atoms with Crippen LogP contribution in [0.4, 0.5) is 0 Å². The second-order valence-electron chi connectivity index (χ2n) is 6.52. The maximum absolute atomic E-state index is 5.59. The number of aliphatic imine (C=N–C) groups is 1. The fourth-order valence-corrected chi connectivity index (χ4v) is 2.89. The lowest BCUT2D eigenvalue weighted by Crippen LogP contribution is -2.47. The topological polar surface area (TPSA) is 85.6 Å². The van der Waals surface area contributed by atoms with Crippen LogP contribution in [0.3, 0.4) is 0 Å². The summed E-state index contributed by atoms with van der Waals surface area (Å²) in [5, 5.41) is 11.4. The molecule has 1 atom stereocenters. The second-order valence-corrected chi connectivity index (χ2v) is 6.52. The van der Waals surface area contributed by atoms with E-state index in [1.807, 2.05) is 4.68 Å². The van der Waals surface area contributed by atoms with Crippen LogP contribution in [-0.2, 0) is 29.0 Å². The Morgan fingerprint density at radius 2 is 2.11 bits per heavy atom. The molecule has 2 N–H and O–H groups in total. The average Bonchev–Trinajstić information content (AvgIpc) is 3.03. The molecule has 0 aromatic carbocycles. The molecule has 0 saturated carbocycles. The molecule has 0 spiro atoms. The number of hydrogen-bond donors (Lipinski definition) is 2. The summed E-state index contributed by atoms with van der Waals surface area (Å²) < 4.78 is 12.7. The Hall–Kier alpha value is -0.940. The van der Waals surface area contributed by atoms with E-state index in [9.17, 15) is 0 Å². The fourth-order valence-electron chi connectivity index (χ4n) is 2.89. The van der Waals surface area contributed by atoms with Crippen LogP contribution in [0.25, 0.3) is 0 Å². The molecule has 0 aliphatic carbocycles. The number of unbranched alkanes of at least 4 members (excludes halogenated alkanes) is 1. The smallest absolute Gasteiger partial charge is 0.191 e. The molecule has 0 amide bonds. The molecule has 1 aliphatic heterocycles. The van der Waals surface area contributed by atoms with E-state index in [1.165, 1.54) is 6.42 Å². The third kappa shape index (κ3) is 8.73. The lowest BCUT2D eigenvalue weighted by Gasteiger charge is -2.25. The molecule has 9 heteroatoms. The van der Waals surface area contributed by atoms with Crippen molar-refractivity contribution in [1.82, 2.24) is 25.4 Å². The molecule has 1 aliphatic rings. The molecule has 0 radical (unpaired) electrons. The molecule has 0 saturated heterocycles. The SMILES string of the molecule is CCCCOCCCN=C(NCC)NC1CCc2nc(COC)nn2C1.I. The van der Waals surface area contributed by atoms with Crippen LogP contribution in [0, 0.1) is 0 Å². The van der Waals surface area contributed by atoms with Gasteiger partial charge in [0.15, 0.2) is 11.8 Å². The summed E-state index contributed by atoms with van der Waals surface area (Å²) in [6, 6.07) is 0.304. The predicted molar refractivity (Wildman–Crippen MR) is 118 cm³/mol. The van der Waals surface area contributed by atoms with Gasteiger partial charge in [0.25, 0.3) is 0 Å². The van der Waals surface area contributed by atoms with Crippen molar-refractivity contribution >= 4 is 29.9 Å². The molecular formula is C18H35IN6O2. The maximum Gasteiger partial charge on any atom is 0.191 e. The quantitative estimate of drug-likeness (QED) is 0.212. The lowest BCUT2D eigenvalue weighted by molar-refractivity contribution is 0.130. The van der Waals surface area contributed by atoms with Crippen LogP contribution in [-0.4, -0.2) is 60.2 Å². The number of ether oxygens (including phenoxy) is 2. The molecule has 0 bridgehead atoms. The van der Waals surface area contributed by atoms with Crippen molar-refractivity contribution in [2.45, 2.75) is 65.1 Å². The lowest BCUT2D eigenvalue weighted by atomic mass is 10.1. The van der Waals surface area contributed by atoms with Gasteiger partial charge in [-0.15, -0.1) is 24.0 Å². The monoisotopic (exact) mass is 494 g/mol. The van der Waals surface area contributed by atoms with Crippen molar-refractivity contribution < 1.29 is 9.47 Å². The van der Waals surface area contributed by atoms with Gasteiger partial charge in [-0.3, -0.25) is 4.99 Å². The van der Waals surface area contributed by atoms with Gasteiger partial charge in [-0.25, -0.2) is 9.67 Å². The Morgan fingerprint density at radius 1 is 1.30 bits per heavy atom. The van der Waals surface area contributed by atoms with E-state index in [2.05, 4.69) is 39.6 Å². The second kappa shape index (κ2) is 14.1. The molecule has 156 valence electrons. The van der Waals surface area contributed by atoms with Crippen molar-refractivity contribution in [3.05, 3.63) is 11.6 Å². The largest absolute Gasteiger partial charge is 0.381 e. The molecule has 2 rings (SSSR count). The van der Waals surface area contributed by atoms with E-state index < -0.39 is 0 Å². The summed E-state index contributed by atoms with van der Waals surface area (Å²) in [5.41, 5.74) is 0. The number of fused-ring (bicyclic) bond motifs is 1. The normalized spacial score (nSPS) is 16.6. The molecular weight excluding hydrogens is 459 g/mol. The number of halogens is 1. The molecule has 8 nitrogen and oxygen atoms in total. The zero-order valence-corrected chi connectivity index (χ0v) is 19.2.